The van der Waals surface area contributed by atoms with Crippen molar-refractivity contribution < 1.29 is 17.9 Å². The molecule has 0 aromatic carbocycles. The molecule has 0 aliphatic carbocycles. The highest BCUT2D eigenvalue weighted by atomic mass is 32.2. The Kier molecular flexibility index (Phi) is 4.16. The molecule has 2 fully saturated rings. The Balaban J connectivity index is 1.72. The number of nitrogens with zero attached hydrogens (tertiary/aromatic N) is 3. The Morgan fingerprint density at radius 3 is 2.86 bits per heavy atom. The highest BCUT2D eigenvalue weighted by Gasteiger charge is 2.40. The largest absolute Gasteiger partial charge is 0.375 e. The van der Waals surface area contributed by atoms with Crippen LogP contribution in [0, 0.1) is 5.92 Å². The molecular formula is C14H19N3O4S. The average Bonchev–Trinajstić information content (AvgIpc) is 2.78. The van der Waals surface area contributed by atoms with Gasteiger partial charge in [0.2, 0.25) is 10.0 Å². The number of carbonyl (C=O) groups excluding carboxylic acids is 1. The highest BCUT2D eigenvalue weighted by Crippen LogP contribution is 2.25. The molecule has 120 valence electrons. The fourth-order valence-corrected chi connectivity index (χ4v) is 3.87. The average molecular weight is 325 g/mol. The van der Waals surface area contributed by atoms with Gasteiger partial charge in [-0.15, -0.1) is 0 Å². The Morgan fingerprint density at radius 1 is 1.36 bits per heavy atom. The van der Waals surface area contributed by atoms with Crippen LogP contribution < -0.4 is 0 Å². The van der Waals surface area contributed by atoms with Gasteiger partial charge in [0.25, 0.3) is 5.91 Å². The van der Waals surface area contributed by atoms with E-state index >= 15 is 0 Å². The van der Waals surface area contributed by atoms with E-state index in [9.17, 15) is 13.2 Å². The SMILES string of the molecule is CS(=O)(=O)N1CCO[C@H]2CN(C(=O)c3cccnc3)C[C@H]2C1. The van der Waals surface area contributed by atoms with Crippen molar-refractivity contribution >= 4 is 15.9 Å². The molecule has 1 aromatic heterocycles. The summed E-state index contributed by atoms with van der Waals surface area (Å²) in [5.74, 6) is -0.0754. The predicted octanol–water partition coefficient (Wildman–Crippen LogP) is -0.186. The van der Waals surface area contributed by atoms with E-state index in [1.807, 2.05) is 0 Å². The van der Waals surface area contributed by atoms with Crippen molar-refractivity contribution in [1.82, 2.24) is 14.2 Å². The number of ether oxygens (including phenoxy) is 1. The van der Waals surface area contributed by atoms with Crippen molar-refractivity contribution in [2.24, 2.45) is 5.92 Å². The number of likely N-dealkylation sites (tertiary alicyclic amines) is 1. The minimum atomic E-state index is -3.24. The van der Waals surface area contributed by atoms with Gasteiger partial charge in [-0.3, -0.25) is 9.78 Å². The number of pyridine rings is 1. The van der Waals surface area contributed by atoms with Crippen molar-refractivity contribution in [2.45, 2.75) is 6.10 Å². The third-order valence-corrected chi connectivity index (χ3v) is 5.43. The molecule has 0 radical (unpaired) electrons. The number of aromatic nitrogens is 1. The molecule has 2 saturated heterocycles. The summed E-state index contributed by atoms with van der Waals surface area (Å²) >= 11 is 0. The predicted molar refractivity (Wildman–Crippen MR) is 79.8 cm³/mol. The normalized spacial score (nSPS) is 26.5. The zero-order valence-electron chi connectivity index (χ0n) is 12.4. The molecule has 0 saturated carbocycles. The number of sulfonamides is 1. The number of hydrogen-bond donors (Lipinski definition) is 0. The van der Waals surface area contributed by atoms with Gasteiger partial charge in [0.15, 0.2) is 0 Å². The third kappa shape index (κ3) is 3.13. The standard InChI is InChI=1S/C14H19N3O4S/c1-22(19,20)17-5-6-21-13-10-16(8-12(13)9-17)14(18)11-3-2-4-15-7-11/h2-4,7,12-13H,5-6,8-10H2,1H3/t12-,13-/m0/s1. The smallest absolute Gasteiger partial charge is 0.255 e. The quantitative estimate of drug-likeness (QED) is 0.753. The first-order valence-corrected chi connectivity index (χ1v) is 9.06. The summed E-state index contributed by atoms with van der Waals surface area (Å²) in [6.45, 7) is 2.15. The van der Waals surface area contributed by atoms with E-state index in [1.165, 1.54) is 10.6 Å². The topological polar surface area (TPSA) is 79.8 Å². The van der Waals surface area contributed by atoms with Gasteiger partial charge in [0.1, 0.15) is 0 Å². The molecule has 2 aliphatic rings. The van der Waals surface area contributed by atoms with Crippen LogP contribution in [-0.4, -0.2) is 73.7 Å². The summed E-state index contributed by atoms with van der Waals surface area (Å²) in [7, 11) is -3.24. The molecule has 2 aliphatic heterocycles. The van der Waals surface area contributed by atoms with Gasteiger partial charge in [0.05, 0.1) is 24.5 Å². The van der Waals surface area contributed by atoms with E-state index in [2.05, 4.69) is 4.98 Å². The van der Waals surface area contributed by atoms with Crippen molar-refractivity contribution in [3.8, 4) is 0 Å². The van der Waals surface area contributed by atoms with Crippen LogP contribution in [0.15, 0.2) is 24.5 Å². The molecule has 8 heteroatoms. The van der Waals surface area contributed by atoms with Crippen LogP contribution in [0.4, 0.5) is 0 Å². The number of amides is 1. The van der Waals surface area contributed by atoms with Gasteiger partial charge >= 0.3 is 0 Å². The first-order valence-electron chi connectivity index (χ1n) is 7.21. The van der Waals surface area contributed by atoms with Gasteiger partial charge in [-0.1, -0.05) is 0 Å². The molecule has 1 aromatic rings. The maximum absolute atomic E-state index is 12.5. The first-order chi connectivity index (χ1) is 10.4. The fraction of sp³-hybridized carbons (Fsp3) is 0.571. The second-order valence-corrected chi connectivity index (χ2v) is 7.72. The molecule has 3 rings (SSSR count). The maximum Gasteiger partial charge on any atom is 0.255 e. The third-order valence-electron chi connectivity index (χ3n) is 4.16. The Labute approximate surface area is 129 Å². The van der Waals surface area contributed by atoms with Gasteiger partial charge in [0, 0.05) is 44.5 Å². The minimum Gasteiger partial charge on any atom is -0.375 e. The van der Waals surface area contributed by atoms with Crippen LogP contribution in [0.25, 0.3) is 0 Å². The summed E-state index contributed by atoms with van der Waals surface area (Å²) in [5.41, 5.74) is 0.541. The van der Waals surface area contributed by atoms with E-state index in [-0.39, 0.29) is 17.9 Å². The summed E-state index contributed by atoms with van der Waals surface area (Å²) in [5, 5.41) is 0. The summed E-state index contributed by atoms with van der Waals surface area (Å²) < 4.78 is 30.7. The van der Waals surface area contributed by atoms with Crippen molar-refractivity contribution in [2.75, 3.05) is 39.0 Å². The van der Waals surface area contributed by atoms with Crippen LogP contribution in [0.2, 0.25) is 0 Å². The molecule has 0 N–H and O–H groups in total. The molecular weight excluding hydrogens is 306 g/mol. The fourth-order valence-electron chi connectivity index (χ4n) is 3.00. The zero-order chi connectivity index (χ0) is 15.7. The highest BCUT2D eigenvalue weighted by molar-refractivity contribution is 7.88. The number of rotatable bonds is 2. The lowest BCUT2D eigenvalue weighted by atomic mass is 10.1. The molecule has 0 spiro atoms. The summed E-state index contributed by atoms with van der Waals surface area (Å²) in [6.07, 6.45) is 4.27. The van der Waals surface area contributed by atoms with Gasteiger partial charge in [-0.25, -0.2) is 8.42 Å². The maximum atomic E-state index is 12.5. The summed E-state index contributed by atoms with van der Waals surface area (Å²) in [4.78, 5) is 18.1. The first kappa shape index (κ1) is 15.4. The van der Waals surface area contributed by atoms with Crippen molar-refractivity contribution in [3.63, 3.8) is 0 Å². The second-order valence-electron chi connectivity index (χ2n) is 5.74. The van der Waals surface area contributed by atoms with E-state index in [0.29, 0.717) is 38.3 Å². The number of hydrogen-bond acceptors (Lipinski definition) is 5. The van der Waals surface area contributed by atoms with Gasteiger partial charge in [-0.05, 0) is 12.1 Å². The van der Waals surface area contributed by atoms with Crippen LogP contribution in [-0.2, 0) is 14.8 Å². The Morgan fingerprint density at radius 2 is 2.18 bits per heavy atom. The number of fused-ring (bicyclic) bond motifs is 1. The molecule has 0 bridgehead atoms. The molecule has 22 heavy (non-hydrogen) atoms. The minimum absolute atomic E-state index is 0.0119. The zero-order valence-corrected chi connectivity index (χ0v) is 13.2. The van der Waals surface area contributed by atoms with Crippen molar-refractivity contribution in [3.05, 3.63) is 30.1 Å². The van der Waals surface area contributed by atoms with Crippen LogP contribution in [0.1, 0.15) is 10.4 Å². The van der Waals surface area contributed by atoms with Crippen LogP contribution in [0.3, 0.4) is 0 Å². The molecule has 0 unspecified atom stereocenters. The molecule has 2 atom stereocenters. The number of carbonyl (C=O) groups is 1. The lowest BCUT2D eigenvalue weighted by molar-refractivity contribution is 0.0491. The van der Waals surface area contributed by atoms with E-state index in [1.54, 1.807) is 29.4 Å². The molecule has 7 nitrogen and oxygen atoms in total. The monoisotopic (exact) mass is 325 g/mol. The Bertz CT molecular complexity index is 649. The van der Waals surface area contributed by atoms with Crippen LogP contribution >= 0.6 is 0 Å². The second kappa shape index (κ2) is 5.94. The van der Waals surface area contributed by atoms with E-state index in [4.69, 9.17) is 4.74 Å². The summed E-state index contributed by atoms with van der Waals surface area (Å²) in [6, 6.07) is 3.45. The Hall–Kier alpha value is -1.51. The lowest BCUT2D eigenvalue weighted by Gasteiger charge is -2.21. The van der Waals surface area contributed by atoms with Gasteiger partial charge < -0.3 is 9.64 Å². The molecule has 3 heterocycles. The molecule has 1 amide bonds. The lowest BCUT2D eigenvalue weighted by Crippen LogP contribution is -2.37. The van der Waals surface area contributed by atoms with E-state index in [0.717, 1.165) is 0 Å². The van der Waals surface area contributed by atoms with E-state index < -0.39 is 10.0 Å². The van der Waals surface area contributed by atoms with Gasteiger partial charge in [-0.2, -0.15) is 4.31 Å². The van der Waals surface area contributed by atoms with Crippen LogP contribution in [0.5, 0.6) is 0 Å². The van der Waals surface area contributed by atoms with Crippen molar-refractivity contribution in [1.29, 1.82) is 0 Å².